The number of nitrogens with zero attached hydrogens (tertiary/aromatic N) is 2. The van der Waals surface area contributed by atoms with E-state index >= 15 is 0 Å². The normalized spacial score (nSPS) is 12.2. The SMILES string of the molecule is CC(C)OC(=O)C[C@@H](NC(=O)CCn1c(=O)n(C)c2ccccc21)c1ccccc1Cl. The van der Waals surface area contributed by atoms with Crippen molar-refractivity contribution in [3.63, 3.8) is 0 Å². The van der Waals surface area contributed by atoms with Gasteiger partial charge in [0.1, 0.15) is 0 Å². The van der Waals surface area contributed by atoms with Gasteiger partial charge in [0.15, 0.2) is 0 Å². The van der Waals surface area contributed by atoms with E-state index < -0.39 is 12.0 Å². The summed E-state index contributed by atoms with van der Waals surface area (Å²) in [7, 11) is 1.70. The maximum Gasteiger partial charge on any atom is 0.328 e. The van der Waals surface area contributed by atoms with Gasteiger partial charge in [-0.1, -0.05) is 41.9 Å². The molecule has 3 aromatic rings. The molecule has 7 nitrogen and oxygen atoms in total. The number of rotatable bonds is 8. The Bertz CT molecular complexity index is 1150. The number of carbonyl (C=O) groups excluding carboxylic acids is 2. The summed E-state index contributed by atoms with van der Waals surface area (Å²) in [4.78, 5) is 37.5. The van der Waals surface area contributed by atoms with Gasteiger partial charge in [0.25, 0.3) is 0 Å². The number of nitrogens with one attached hydrogen (secondary N) is 1. The van der Waals surface area contributed by atoms with E-state index in [4.69, 9.17) is 16.3 Å². The number of ether oxygens (including phenoxy) is 1. The van der Waals surface area contributed by atoms with Crippen molar-refractivity contribution in [2.75, 3.05) is 0 Å². The van der Waals surface area contributed by atoms with Crippen LogP contribution in [-0.2, 0) is 27.9 Å². The Labute approximate surface area is 185 Å². The molecule has 1 aromatic heterocycles. The smallest absolute Gasteiger partial charge is 0.328 e. The molecular weight excluding hydrogens is 418 g/mol. The first-order valence-corrected chi connectivity index (χ1v) is 10.5. The molecule has 164 valence electrons. The molecule has 2 aromatic carbocycles. The van der Waals surface area contributed by atoms with Crippen molar-refractivity contribution in [2.24, 2.45) is 7.05 Å². The molecule has 1 atom stereocenters. The Morgan fingerprint density at radius 1 is 1.06 bits per heavy atom. The zero-order valence-corrected chi connectivity index (χ0v) is 18.6. The highest BCUT2D eigenvalue weighted by molar-refractivity contribution is 6.31. The van der Waals surface area contributed by atoms with Gasteiger partial charge in [-0.2, -0.15) is 0 Å². The van der Waals surface area contributed by atoms with Crippen LogP contribution in [0.5, 0.6) is 0 Å². The van der Waals surface area contributed by atoms with Crippen LogP contribution in [0.25, 0.3) is 11.0 Å². The summed E-state index contributed by atoms with van der Waals surface area (Å²) < 4.78 is 8.37. The molecule has 0 bridgehead atoms. The third kappa shape index (κ3) is 5.35. The molecule has 0 radical (unpaired) electrons. The second-order valence-electron chi connectivity index (χ2n) is 7.62. The lowest BCUT2D eigenvalue weighted by Crippen LogP contribution is -2.32. The molecule has 0 fully saturated rings. The van der Waals surface area contributed by atoms with Crippen LogP contribution in [0, 0.1) is 0 Å². The van der Waals surface area contributed by atoms with Crippen LogP contribution in [-0.4, -0.2) is 27.1 Å². The minimum atomic E-state index is -0.628. The minimum Gasteiger partial charge on any atom is -0.463 e. The van der Waals surface area contributed by atoms with E-state index in [0.717, 1.165) is 11.0 Å². The third-order valence-electron chi connectivity index (χ3n) is 4.97. The molecule has 0 saturated heterocycles. The van der Waals surface area contributed by atoms with Crippen LogP contribution >= 0.6 is 11.6 Å². The lowest BCUT2D eigenvalue weighted by Gasteiger charge is -2.20. The molecule has 1 N–H and O–H groups in total. The van der Waals surface area contributed by atoms with Crippen LogP contribution < -0.4 is 11.0 Å². The number of fused-ring (bicyclic) bond motifs is 1. The van der Waals surface area contributed by atoms with E-state index in [2.05, 4.69) is 5.32 Å². The number of imidazole rings is 1. The van der Waals surface area contributed by atoms with Gasteiger partial charge in [-0.3, -0.25) is 18.7 Å². The molecule has 0 aliphatic heterocycles. The fourth-order valence-electron chi connectivity index (χ4n) is 3.53. The number of hydrogen-bond donors (Lipinski definition) is 1. The summed E-state index contributed by atoms with van der Waals surface area (Å²) >= 11 is 6.30. The van der Waals surface area contributed by atoms with Gasteiger partial charge in [0.2, 0.25) is 5.91 Å². The number of para-hydroxylation sites is 2. The number of benzene rings is 2. The number of amides is 1. The number of carbonyl (C=O) groups is 2. The predicted molar refractivity (Wildman–Crippen MR) is 120 cm³/mol. The molecule has 0 spiro atoms. The molecule has 31 heavy (non-hydrogen) atoms. The van der Waals surface area contributed by atoms with Gasteiger partial charge >= 0.3 is 11.7 Å². The second kappa shape index (κ2) is 9.83. The van der Waals surface area contributed by atoms with Crippen LogP contribution in [0.3, 0.4) is 0 Å². The number of aryl methyl sites for hydroxylation is 2. The van der Waals surface area contributed by atoms with E-state index in [1.165, 1.54) is 0 Å². The van der Waals surface area contributed by atoms with Crippen LogP contribution in [0.4, 0.5) is 0 Å². The van der Waals surface area contributed by atoms with E-state index in [1.54, 1.807) is 54.3 Å². The average Bonchev–Trinajstić information content (AvgIpc) is 2.96. The second-order valence-corrected chi connectivity index (χ2v) is 8.02. The van der Waals surface area contributed by atoms with E-state index in [-0.39, 0.29) is 37.1 Å². The van der Waals surface area contributed by atoms with Crippen molar-refractivity contribution in [1.82, 2.24) is 14.5 Å². The Morgan fingerprint density at radius 2 is 1.71 bits per heavy atom. The minimum absolute atomic E-state index is 0.0398. The quantitative estimate of drug-likeness (QED) is 0.539. The summed E-state index contributed by atoms with van der Waals surface area (Å²) in [5.74, 6) is -0.715. The van der Waals surface area contributed by atoms with Gasteiger partial charge in [0.05, 0.1) is 29.6 Å². The van der Waals surface area contributed by atoms with Crippen LogP contribution in [0.1, 0.15) is 38.3 Å². The number of halogens is 1. The van der Waals surface area contributed by atoms with Gasteiger partial charge in [0, 0.05) is 25.0 Å². The first-order chi connectivity index (χ1) is 14.8. The summed E-state index contributed by atoms with van der Waals surface area (Å²) in [6, 6.07) is 13.9. The highest BCUT2D eigenvalue weighted by Crippen LogP contribution is 2.26. The van der Waals surface area contributed by atoms with Crippen molar-refractivity contribution in [3.05, 3.63) is 69.6 Å². The zero-order chi connectivity index (χ0) is 22.5. The van der Waals surface area contributed by atoms with Gasteiger partial charge < -0.3 is 10.1 Å². The lowest BCUT2D eigenvalue weighted by molar-refractivity contribution is -0.148. The summed E-state index contributed by atoms with van der Waals surface area (Å²) in [5.41, 5.74) is 2.03. The van der Waals surface area contributed by atoms with Crippen molar-refractivity contribution in [2.45, 2.75) is 45.4 Å². The predicted octanol–water partition coefficient (Wildman–Crippen LogP) is 3.58. The fraction of sp³-hybridized carbons (Fsp3) is 0.348. The largest absolute Gasteiger partial charge is 0.463 e. The van der Waals surface area contributed by atoms with Crippen molar-refractivity contribution >= 4 is 34.5 Å². The molecule has 0 unspecified atom stereocenters. The van der Waals surface area contributed by atoms with Crippen molar-refractivity contribution in [3.8, 4) is 0 Å². The summed E-state index contributed by atoms with van der Waals surface area (Å²) in [5, 5.41) is 3.33. The Kier molecular flexibility index (Phi) is 7.17. The molecule has 8 heteroatoms. The number of aromatic nitrogens is 2. The first-order valence-electron chi connectivity index (χ1n) is 10.2. The number of hydrogen-bond acceptors (Lipinski definition) is 4. The third-order valence-corrected chi connectivity index (χ3v) is 5.31. The number of esters is 1. The Morgan fingerprint density at radius 3 is 2.39 bits per heavy atom. The molecule has 3 rings (SSSR count). The molecular formula is C23H26ClN3O4. The summed E-state index contributed by atoms with van der Waals surface area (Å²) in [6.45, 7) is 3.75. The van der Waals surface area contributed by atoms with E-state index in [1.807, 2.05) is 24.3 Å². The van der Waals surface area contributed by atoms with Crippen LogP contribution in [0.15, 0.2) is 53.3 Å². The Balaban J connectivity index is 1.75. The standard InChI is InChI=1S/C23H26ClN3O4/c1-15(2)31-22(29)14-18(16-8-4-5-9-17(16)24)25-21(28)12-13-27-20-11-7-6-10-19(20)26(3)23(27)30/h4-11,15,18H,12-14H2,1-3H3,(H,25,28)/t18-/m1/s1. The highest BCUT2D eigenvalue weighted by atomic mass is 35.5. The van der Waals surface area contributed by atoms with Gasteiger partial charge in [-0.25, -0.2) is 4.79 Å². The Hall–Kier alpha value is -3.06. The molecule has 0 saturated carbocycles. The van der Waals surface area contributed by atoms with Crippen LogP contribution in [0.2, 0.25) is 5.02 Å². The molecule has 1 amide bonds. The molecule has 0 aliphatic carbocycles. The summed E-state index contributed by atoms with van der Waals surface area (Å²) in [6.07, 6.45) is -0.219. The average molecular weight is 444 g/mol. The van der Waals surface area contributed by atoms with E-state index in [0.29, 0.717) is 10.6 Å². The highest BCUT2D eigenvalue weighted by Gasteiger charge is 2.22. The lowest BCUT2D eigenvalue weighted by atomic mass is 10.0. The van der Waals surface area contributed by atoms with Gasteiger partial charge in [-0.05, 0) is 37.6 Å². The zero-order valence-electron chi connectivity index (χ0n) is 17.8. The fourth-order valence-corrected chi connectivity index (χ4v) is 3.80. The maximum absolute atomic E-state index is 12.7. The molecule has 1 heterocycles. The maximum atomic E-state index is 12.7. The van der Waals surface area contributed by atoms with Crippen molar-refractivity contribution in [1.29, 1.82) is 0 Å². The van der Waals surface area contributed by atoms with Gasteiger partial charge in [-0.15, -0.1) is 0 Å². The van der Waals surface area contributed by atoms with E-state index in [9.17, 15) is 14.4 Å². The molecule has 0 aliphatic rings. The first kappa shape index (κ1) is 22.6. The van der Waals surface area contributed by atoms with Crippen molar-refractivity contribution < 1.29 is 14.3 Å². The topological polar surface area (TPSA) is 82.3 Å². The monoisotopic (exact) mass is 443 g/mol.